The second-order valence-corrected chi connectivity index (χ2v) is 6.90. The minimum Gasteiger partial charge on any atom is -0.333 e. The Bertz CT molecular complexity index is 803. The van der Waals surface area contributed by atoms with Crippen molar-refractivity contribution in [1.29, 1.82) is 0 Å². The Hall–Kier alpha value is -2.27. The summed E-state index contributed by atoms with van der Waals surface area (Å²) in [5.41, 5.74) is 4.93. The van der Waals surface area contributed by atoms with E-state index in [9.17, 15) is 4.79 Å². The summed E-state index contributed by atoms with van der Waals surface area (Å²) in [7, 11) is 0. The molecule has 0 fully saturated rings. The van der Waals surface area contributed by atoms with E-state index in [1.54, 1.807) is 0 Å². The molecule has 0 saturated heterocycles. The molecule has 2 N–H and O–H groups in total. The number of para-hydroxylation sites is 3. The van der Waals surface area contributed by atoms with E-state index in [0.29, 0.717) is 0 Å². The molecule has 0 bridgehead atoms. The summed E-state index contributed by atoms with van der Waals surface area (Å²) < 4.78 is 0. The molecular formula is C18H19N3OS. The Labute approximate surface area is 139 Å². The first-order valence-electron chi connectivity index (χ1n) is 7.53. The van der Waals surface area contributed by atoms with E-state index < -0.39 is 0 Å². The molecule has 118 valence electrons. The maximum atomic E-state index is 12.5. The number of anilines is 1. The highest BCUT2D eigenvalue weighted by Crippen LogP contribution is 2.25. The summed E-state index contributed by atoms with van der Waals surface area (Å²) in [4.78, 5) is 20.2. The van der Waals surface area contributed by atoms with E-state index in [2.05, 4.69) is 15.3 Å². The predicted molar refractivity (Wildman–Crippen MR) is 96.0 cm³/mol. The van der Waals surface area contributed by atoms with Crippen LogP contribution in [0.5, 0.6) is 0 Å². The largest absolute Gasteiger partial charge is 0.333 e. The van der Waals surface area contributed by atoms with Crippen molar-refractivity contribution in [2.75, 3.05) is 5.32 Å². The maximum Gasteiger partial charge on any atom is 0.237 e. The number of nitrogens with one attached hydrogen (secondary N) is 2. The topological polar surface area (TPSA) is 57.8 Å². The van der Waals surface area contributed by atoms with Crippen molar-refractivity contribution in [3.8, 4) is 0 Å². The van der Waals surface area contributed by atoms with Crippen molar-refractivity contribution in [3.05, 3.63) is 53.6 Å². The first kappa shape index (κ1) is 15.6. The van der Waals surface area contributed by atoms with E-state index in [1.165, 1.54) is 11.8 Å². The van der Waals surface area contributed by atoms with E-state index in [1.807, 2.05) is 63.2 Å². The second kappa shape index (κ2) is 6.46. The number of hydrogen-bond donors (Lipinski definition) is 2. The maximum absolute atomic E-state index is 12.5. The predicted octanol–water partition coefficient (Wildman–Crippen LogP) is 4.30. The number of benzene rings is 2. The molecule has 0 aliphatic heterocycles. The van der Waals surface area contributed by atoms with Gasteiger partial charge in [-0.1, -0.05) is 42.1 Å². The molecule has 1 heterocycles. The monoisotopic (exact) mass is 325 g/mol. The number of H-pyrrole nitrogens is 1. The van der Waals surface area contributed by atoms with Crippen molar-refractivity contribution >= 4 is 34.4 Å². The van der Waals surface area contributed by atoms with E-state index in [4.69, 9.17) is 0 Å². The van der Waals surface area contributed by atoms with Crippen LogP contribution in [0.25, 0.3) is 11.0 Å². The van der Waals surface area contributed by atoms with Crippen molar-refractivity contribution in [1.82, 2.24) is 9.97 Å². The van der Waals surface area contributed by atoms with Gasteiger partial charge in [0.15, 0.2) is 5.16 Å². The third-order valence-electron chi connectivity index (χ3n) is 3.75. The van der Waals surface area contributed by atoms with Gasteiger partial charge in [0, 0.05) is 5.69 Å². The number of fused-ring (bicyclic) bond motifs is 1. The number of nitrogens with zero attached hydrogens (tertiary/aromatic N) is 1. The summed E-state index contributed by atoms with van der Waals surface area (Å²) in [6.45, 7) is 5.89. The number of aromatic amines is 1. The number of amides is 1. The van der Waals surface area contributed by atoms with Crippen LogP contribution in [0.15, 0.2) is 47.6 Å². The fraction of sp³-hybridized carbons (Fsp3) is 0.222. The van der Waals surface area contributed by atoms with Gasteiger partial charge in [0.1, 0.15) is 0 Å². The summed E-state index contributed by atoms with van der Waals surface area (Å²) >= 11 is 1.43. The molecule has 3 rings (SSSR count). The highest BCUT2D eigenvalue weighted by molar-refractivity contribution is 8.00. The van der Waals surface area contributed by atoms with Gasteiger partial charge in [-0.2, -0.15) is 0 Å². The van der Waals surface area contributed by atoms with Gasteiger partial charge in [-0.25, -0.2) is 4.98 Å². The molecule has 2 aromatic carbocycles. The fourth-order valence-electron chi connectivity index (χ4n) is 2.44. The Morgan fingerprint density at radius 1 is 1.13 bits per heavy atom. The molecule has 0 unspecified atom stereocenters. The zero-order chi connectivity index (χ0) is 16.4. The average Bonchev–Trinajstić information content (AvgIpc) is 2.93. The number of carbonyl (C=O) groups excluding carboxylic acids is 1. The minimum atomic E-state index is -0.241. The van der Waals surface area contributed by atoms with Crippen molar-refractivity contribution < 1.29 is 4.79 Å². The van der Waals surface area contributed by atoms with Crippen molar-refractivity contribution in [2.45, 2.75) is 31.2 Å². The first-order chi connectivity index (χ1) is 11.0. The first-order valence-corrected chi connectivity index (χ1v) is 8.41. The van der Waals surface area contributed by atoms with Gasteiger partial charge in [-0.05, 0) is 44.0 Å². The van der Waals surface area contributed by atoms with Gasteiger partial charge in [0.05, 0.1) is 16.3 Å². The van der Waals surface area contributed by atoms with Gasteiger partial charge in [-0.15, -0.1) is 0 Å². The molecule has 1 aromatic heterocycles. The normalized spacial score (nSPS) is 12.3. The van der Waals surface area contributed by atoms with Crippen LogP contribution in [-0.4, -0.2) is 21.1 Å². The van der Waals surface area contributed by atoms with Gasteiger partial charge in [0.25, 0.3) is 0 Å². The van der Waals surface area contributed by atoms with Gasteiger partial charge in [-0.3, -0.25) is 4.79 Å². The molecule has 0 aliphatic carbocycles. The van der Waals surface area contributed by atoms with Crippen molar-refractivity contribution in [3.63, 3.8) is 0 Å². The number of imidazole rings is 1. The fourth-order valence-corrected chi connectivity index (χ4v) is 3.26. The lowest BCUT2D eigenvalue weighted by Gasteiger charge is -2.14. The van der Waals surface area contributed by atoms with Gasteiger partial charge >= 0.3 is 0 Å². The molecule has 3 aromatic rings. The smallest absolute Gasteiger partial charge is 0.237 e. The lowest BCUT2D eigenvalue weighted by molar-refractivity contribution is -0.115. The molecule has 4 nitrogen and oxygen atoms in total. The summed E-state index contributed by atoms with van der Waals surface area (Å²) in [5.74, 6) is -0.0205. The van der Waals surface area contributed by atoms with E-state index >= 15 is 0 Å². The number of aryl methyl sites for hydroxylation is 2. The Balaban J connectivity index is 1.72. The minimum absolute atomic E-state index is 0.0205. The molecule has 0 spiro atoms. The third-order valence-corrected chi connectivity index (χ3v) is 4.74. The number of hydrogen-bond acceptors (Lipinski definition) is 3. The van der Waals surface area contributed by atoms with Gasteiger partial charge < -0.3 is 10.3 Å². The molecule has 0 saturated carbocycles. The lowest BCUT2D eigenvalue weighted by Crippen LogP contribution is -2.23. The average molecular weight is 325 g/mol. The van der Waals surface area contributed by atoms with Crippen molar-refractivity contribution in [2.24, 2.45) is 0 Å². The summed E-state index contributed by atoms with van der Waals surface area (Å²) in [5, 5.41) is 3.55. The molecule has 1 atom stereocenters. The van der Waals surface area contributed by atoms with Crippen LogP contribution < -0.4 is 5.32 Å². The van der Waals surface area contributed by atoms with Crippen LogP contribution >= 0.6 is 11.8 Å². The molecule has 5 heteroatoms. The number of rotatable bonds is 4. The molecular weight excluding hydrogens is 306 g/mol. The van der Waals surface area contributed by atoms with Crippen LogP contribution in [0.4, 0.5) is 5.69 Å². The Morgan fingerprint density at radius 2 is 1.83 bits per heavy atom. The standard InChI is InChI=1S/C18H19N3OS/c1-11-7-6-8-12(2)16(11)21-17(22)13(3)23-18-19-14-9-4-5-10-15(14)20-18/h4-10,13H,1-3H3,(H,19,20)(H,21,22)/t13-/m0/s1. The molecule has 0 radical (unpaired) electrons. The molecule has 1 amide bonds. The van der Waals surface area contributed by atoms with Crippen LogP contribution in [-0.2, 0) is 4.79 Å². The molecule has 23 heavy (non-hydrogen) atoms. The lowest BCUT2D eigenvalue weighted by atomic mass is 10.1. The number of aromatic nitrogens is 2. The summed E-state index contributed by atoms with van der Waals surface area (Å²) in [6, 6.07) is 13.8. The number of thioether (sulfide) groups is 1. The summed E-state index contributed by atoms with van der Waals surface area (Å²) in [6.07, 6.45) is 0. The van der Waals surface area contributed by atoms with E-state index in [-0.39, 0.29) is 11.2 Å². The van der Waals surface area contributed by atoms with Gasteiger partial charge in [0.2, 0.25) is 5.91 Å². The SMILES string of the molecule is Cc1cccc(C)c1NC(=O)[C@H](C)Sc1nc2ccccc2[nH]1. The quantitative estimate of drug-likeness (QED) is 0.703. The highest BCUT2D eigenvalue weighted by atomic mass is 32.2. The third kappa shape index (κ3) is 3.40. The zero-order valence-corrected chi connectivity index (χ0v) is 14.2. The second-order valence-electron chi connectivity index (χ2n) is 5.58. The van der Waals surface area contributed by atoms with Crippen LogP contribution in [0.3, 0.4) is 0 Å². The van der Waals surface area contributed by atoms with E-state index in [0.717, 1.165) is 33.0 Å². The zero-order valence-electron chi connectivity index (χ0n) is 13.4. The molecule has 0 aliphatic rings. The van der Waals surface area contributed by atoms with Crippen LogP contribution in [0, 0.1) is 13.8 Å². The Kier molecular flexibility index (Phi) is 4.39. The van der Waals surface area contributed by atoms with Crippen LogP contribution in [0.2, 0.25) is 0 Å². The number of carbonyl (C=O) groups is 1. The highest BCUT2D eigenvalue weighted by Gasteiger charge is 2.18. The van der Waals surface area contributed by atoms with Crippen LogP contribution in [0.1, 0.15) is 18.1 Å². The Morgan fingerprint density at radius 3 is 2.52 bits per heavy atom.